The number of hydrogen-bond donors (Lipinski definition) is 3. The predicted octanol–water partition coefficient (Wildman–Crippen LogP) is 3.73. The summed E-state index contributed by atoms with van der Waals surface area (Å²) in [6, 6.07) is 4.02. The Morgan fingerprint density at radius 2 is 1.95 bits per heavy atom. The van der Waals surface area contributed by atoms with Crippen LogP contribution in [0.1, 0.15) is 11.1 Å². The molecule has 0 aliphatic carbocycles. The number of rotatable bonds is 7. The lowest BCUT2D eigenvalue weighted by molar-refractivity contribution is 0.169. The third-order valence-corrected chi connectivity index (χ3v) is 6.04. The molecule has 3 nitrogen and oxygen atoms in total. The van der Waals surface area contributed by atoms with E-state index >= 15 is 0 Å². The molecule has 0 radical (unpaired) electrons. The second-order valence-corrected chi connectivity index (χ2v) is 16.3. The average Bonchev–Trinajstić information content (AvgIpc) is 2.31. The largest absolute Gasteiger partial charge is 0.362 e. The fraction of sp³-hybridized carbons (Fsp3) is 0.533. The normalized spacial score (nSPS) is 13.6. The van der Waals surface area contributed by atoms with Gasteiger partial charge in [0.05, 0.1) is 6.61 Å². The molecule has 0 aliphatic rings. The van der Waals surface area contributed by atoms with Gasteiger partial charge in [-0.05, 0) is 65.3 Å². The Morgan fingerprint density at radius 1 is 1.30 bits per heavy atom. The van der Waals surface area contributed by atoms with E-state index in [9.17, 15) is 0 Å². The maximum Gasteiger partial charge on any atom is 0.116 e. The van der Waals surface area contributed by atoms with E-state index in [2.05, 4.69) is 46.3 Å². The van der Waals surface area contributed by atoms with Crippen LogP contribution >= 0.6 is 25.1 Å². The van der Waals surface area contributed by atoms with Crippen LogP contribution in [0.3, 0.4) is 0 Å². The van der Waals surface area contributed by atoms with Crippen LogP contribution < -0.4 is 5.32 Å². The minimum absolute atomic E-state index is 0.475. The number of aryl methyl sites for hydroxylation is 1. The molecule has 0 saturated heterocycles. The zero-order valence-corrected chi connectivity index (χ0v) is 15.6. The zero-order valence-electron chi connectivity index (χ0n) is 13.1. The summed E-state index contributed by atoms with van der Waals surface area (Å²) < 4.78 is 6.64. The topological polar surface area (TPSA) is 45.1 Å². The molecule has 0 saturated carbocycles. The second-order valence-electron chi connectivity index (χ2n) is 7.20. The van der Waals surface area contributed by atoms with Crippen molar-refractivity contribution in [3.8, 4) is 0 Å². The zero-order chi connectivity index (χ0) is 15.4. The van der Waals surface area contributed by atoms with Gasteiger partial charge in [0.25, 0.3) is 0 Å². The monoisotopic (exact) mass is 362 g/mol. The van der Waals surface area contributed by atoms with Crippen LogP contribution in [0.25, 0.3) is 0 Å². The molecule has 2 N–H and O–H groups in total. The lowest BCUT2D eigenvalue weighted by Gasteiger charge is -2.46. The van der Waals surface area contributed by atoms with Gasteiger partial charge in [-0.15, -0.1) is 0 Å². The SMILES string of the molecule is Cc1ccc(NCOCC[SH](C)(C)(C)C)c(C=N)c1Br. The highest BCUT2D eigenvalue weighted by Gasteiger charge is 2.17. The summed E-state index contributed by atoms with van der Waals surface area (Å²) in [4.78, 5) is 0. The molecule has 20 heavy (non-hydrogen) atoms. The number of nitrogens with one attached hydrogen (secondary N) is 2. The molecule has 0 bridgehead atoms. The molecule has 1 rings (SSSR count). The highest BCUT2D eigenvalue weighted by molar-refractivity contribution is 9.10. The van der Waals surface area contributed by atoms with E-state index in [-0.39, 0.29) is 0 Å². The van der Waals surface area contributed by atoms with Gasteiger partial charge < -0.3 is 15.5 Å². The Balaban J connectivity index is 2.52. The lowest BCUT2D eigenvalue weighted by atomic mass is 10.1. The van der Waals surface area contributed by atoms with Crippen molar-refractivity contribution in [3.63, 3.8) is 0 Å². The van der Waals surface area contributed by atoms with Crippen molar-refractivity contribution in [2.45, 2.75) is 6.92 Å². The first-order valence-electron chi connectivity index (χ1n) is 6.71. The van der Waals surface area contributed by atoms with Gasteiger partial charge in [-0.3, -0.25) is 9.16 Å². The Kier molecular flexibility index (Phi) is 5.70. The highest BCUT2D eigenvalue weighted by Crippen LogP contribution is 2.54. The predicted molar refractivity (Wildman–Crippen MR) is 98.8 cm³/mol. The molecular weight excluding hydrogens is 336 g/mol. The Bertz CT molecular complexity index is 485. The second kappa shape index (κ2) is 6.50. The number of thiol groups is 1. The van der Waals surface area contributed by atoms with E-state index in [4.69, 9.17) is 10.1 Å². The van der Waals surface area contributed by atoms with Crippen LogP contribution in [0, 0.1) is 12.3 Å². The Hall–Kier alpha value is -0.520. The third-order valence-electron chi connectivity index (χ3n) is 3.01. The smallest absolute Gasteiger partial charge is 0.116 e. The van der Waals surface area contributed by atoms with Crippen LogP contribution in [-0.4, -0.2) is 50.3 Å². The first-order valence-corrected chi connectivity index (χ1v) is 11.7. The van der Waals surface area contributed by atoms with Crippen molar-refractivity contribution < 1.29 is 4.74 Å². The van der Waals surface area contributed by atoms with Crippen LogP contribution in [0.4, 0.5) is 5.69 Å². The lowest BCUT2D eigenvalue weighted by Crippen LogP contribution is -2.20. The van der Waals surface area contributed by atoms with Gasteiger partial charge in [-0.2, -0.15) is 0 Å². The van der Waals surface area contributed by atoms with E-state index in [0.29, 0.717) is 6.73 Å². The van der Waals surface area contributed by atoms with E-state index in [1.54, 1.807) is 0 Å². The first kappa shape index (κ1) is 17.5. The summed E-state index contributed by atoms with van der Waals surface area (Å²) in [5.74, 6) is 1.13. The summed E-state index contributed by atoms with van der Waals surface area (Å²) >= 11 is 3.52. The summed E-state index contributed by atoms with van der Waals surface area (Å²) in [7, 11) is -1.47. The van der Waals surface area contributed by atoms with Gasteiger partial charge >= 0.3 is 0 Å². The molecule has 0 heterocycles. The third kappa shape index (κ3) is 5.85. The standard InChI is InChI=1S/C15H27BrN2OS/c1-12-6-7-14(13(10-17)15(12)16)18-11-19-8-9-20(2,3,4)5/h6-7,10,17-18,20H,8-9,11H2,1-5H3. The van der Waals surface area contributed by atoms with E-state index in [1.165, 1.54) is 6.21 Å². The number of ether oxygens (including phenoxy) is 1. The van der Waals surface area contributed by atoms with Crippen molar-refractivity contribution in [1.82, 2.24) is 0 Å². The van der Waals surface area contributed by atoms with Gasteiger partial charge in [0.15, 0.2) is 0 Å². The number of benzene rings is 1. The van der Waals surface area contributed by atoms with Crippen molar-refractivity contribution >= 4 is 37.0 Å². The molecule has 5 heteroatoms. The molecule has 0 spiro atoms. The Labute approximate surface area is 131 Å². The van der Waals surface area contributed by atoms with Crippen molar-refractivity contribution in [2.75, 3.05) is 49.4 Å². The van der Waals surface area contributed by atoms with Crippen LogP contribution in [0.5, 0.6) is 0 Å². The number of halogens is 1. The van der Waals surface area contributed by atoms with Gasteiger partial charge in [-0.25, -0.2) is 0 Å². The van der Waals surface area contributed by atoms with Crippen molar-refractivity contribution in [3.05, 3.63) is 27.7 Å². The van der Waals surface area contributed by atoms with Crippen molar-refractivity contribution in [2.24, 2.45) is 0 Å². The molecule has 116 valence electrons. The summed E-state index contributed by atoms with van der Waals surface area (Å²) in [5, 5.41) is 10.8. The van der Waals surface area contributed by atoms with Crippen LogP contribution in [0.2, 0.25) is 0 Å². The molecule has 0 atom stereocenters. The van der Waals surface area contributed by atoms with Crippen molar-refractivity contribution in [1.29, 1.82) is 5.41 Å². The van der Waals surface area contributed by atoms with E-state index < -0.39 is 9.16 Å². The molecule has 1 aromatic rings. The number of hydrogen-bond acceptors (Lipinski definition) is 3. The van der Waals surface area contributed by atoms with E-state index in [0.717, 1.165) is 33.6 Å². The number of anilines is 1. The van der Waals surface area contributed by atoms with Gasteiger partial charge in [0.2, 0.25) is 0 Å². The minimum Gasteiger partial charge on any atom is -0.362 e. The fourth-order valence-electron chi connectivity index (χ4n) is 1.63. The summed E-state index contributed by atoms with van der Waals surface area (Å²) in [6.45, 7) is 3.27. The summed E-state index contributed by atoms with van der Waals surface area (Å²) in [6.07, 6.45) is 10.8. The van der Waals surface area contributed by atoms with Crippen LogP contribution in [0.15, 0.2) is 16.6 Å². The van der Waals surface area contributed by atoms with Gasteiger partial charge in [0, 0.05) is 21.9 Å². The molecule has 0 unspecified atom stereocenters. The van der Waals surface area contributed by atoms with Gasteiger partial charge in [-0.1, -0.05) is 6.07 Å². The first-order chi connectivity index (χ1) is 9.10. The Morgan fingerprint density at radius 3 is 2.50 bits per heavy atom. The molecule has 0 fully saturated rings. The molecule has 0 aliphatic heterocycles. The maximum atomic E-state index is 7.52. The quantitative estimate of drug-likeness (QED) is 0.299. The molecule has 1 aromatic carbocycles. The molecule has 0 aromatic heterocycles. The molecule has 0 amide bonds. The average molecular weight is 363 g/mol. The fourth-order valence-corrected chi connectivity index (χ4v) is 2.95. The van der Waals surface area contributed by atoms with Gasteiger partial charge in [0.1, 0.15) is 6.73 Å². The minimum atomic E-state index is -1.47. The summed E-state index contributed by atoms with van der Waals surface area (Å²) in [5.41, 5.74) is 2.92. The highest BCUT2D eigenvalue weighted by atomic mass is 79.9. The van der Waals surface area contributed by atoms with Crippen LogP contribution in [-0.2, 0) is 4.74 Å². The van der Waals surface area contributed by atoms with E-state index in [1.807, 2.05) is 19.1 Å². The molecular formula is C15H27BrN2OS. The maximum absolute atomic E-state index is 7.52.